The van der Waals surface area contributed by atoms with E-state index in [2.05, 4.69) is 20.6 Å². The van der Waals surface area contributed by atoms with E-state index in [1.54, 1.807) is 13.1 Å². The van der Waals surface area contributed by atoms with Crippen LogP contribution in [0.5, 0.6) is 0 Å². The van der Waals surface area contributed by atoms with Crippen molar-refractivity contribution in [2.75, 3.05) is 23.8 Å². The number of anilines is 3. The van der Waals surface area contributed by atoms with Crippen LogP contribution in [0.4, 0.5) is 17.5 Å². The molecule has 0 aliphatic rings. The van der Waals surface area contributed by atoms with Crippen LogP contribution < -0.4 is 10.6 Å². The summed E-state index contributed by atoms with van der Waals surface area (Å²) in [6, 6.07) is 9.74. The van der Waals surface area contributed by atoms with Crippen molar-refractivity contribution in [1.29, 1.82) is 0 Å². The number of hydrogen-bond donors (Lipinski definition) is 2. The van der Waals surface area contributed by atoms with Crippen LogP contribution in [0.3, 0.4) is 0 Å². The van der Waals surface area contributed by atoms with Gasteiger partial charge in [-0.1, -0.05) is 18.2 Å². The molecule has 2 N–H and O–H groups in total. The van der Waals surface area contributed by atoms with Gasteiger partial charge >= 0.3 is 5.97 Å². The van der Waals surface area contributed by atoms with Gasteiger partial charge in [-0.3, -0.25) is 4.79 Å². The van der Waals surface area contributed by atoms with Crippen molar-refractivity contribution in [3.05, 3.63) is 42.1 Å². The number of benzene rings is 1. The van der Waals surface area contributed by atoms with Crippen LogP contribution in [0, 0.1) is 0 Å². The second kappa shape index (κ2) is 8.73. The standard InChI is InChI=1S/C17H22N4O2/c1-3-18-16-13(10-11-15(22)23-4-2)12-19-17(21-16)20-14-8-6-5-7-9-14/h5-9,12H,3-4,10-11H2,1-2H3,(H2,18,19,20,21). The molecule has 0 fully saturated rings. The van der Waals surface area contributed by atoms with Gasteiger partial charge in [-0.2, -0.15) is 4.98 Å². The van der Waals surface area contributed by atoms with E-state index in [9.17, 15) is 4.79 Å². The normalized spacial score (nSPS) is 10.2. The van der Waals surface area contributed by atoms with E-state index in [1.807, 2.05) is 37.3 Å². The Morgan fingerprint density at radius 3 is 2.70 bits per heavy atom. The first-order valence-corrected chi connectivity index (χ1v) is 7.80. The van der Waals surface area contributed by atoms with E-state index in [-0.39, 0.29) is 5.97 Å². The molecule has 2 aromatic rings. The molecule has 6 nitrogen and oxygen atoms in total. The third-order valence-electron chi connectivity index (χ3n) is 3.14. The minimum atomic E-state index is -0.207. The molecule has 0 aliphatic carbocycles. The largest absolute Gasteiger partial charge is 0.466 e. The maximum Gasteiger partial charge on any atom is 0.306 e. The summed E-state index contributed by atoms with van der Waals surface area (Å²) >= 11 is 0. The van der Waals surface area contributed by atoms with E-state index in [0.29, 0.717) is 25.4 Å². The lowest BCUT2D eigenvalue weighted by Gasteiger charge is -2.12. The number of aryl methyl sites for hydroxylation is 1. The Morgan fingerprint density at radius 2 is 2.00 bits per heavy atom. The highest BCUT2D eigenvalue weighted by molar-refractivity contribution is 5.70. The number of esters is 1. The minimum absolute atomic E-state index is 0.207. The van der Waals surface area contributed by atoms with Gasteiger partial charge in [0.2, 0.25) is 5.95 Å². The van der Waals surface area contributed by atoms with Gasteiger partial charge in [0.15, 0.2) is 0 Å². The highest BCUT2D eigenvalue weighted by atomic mass is 16.5. The SMILES string of the molecule is CCNc1nc(Nc2ccccc2)ncc1CCC(=O)OCC. The first-order valence-electron chi connectivity index (χ1n) is 7.80. The predicted molar refractivity (Wildman–Crippen MR) is 90.9 cm³/mol. The second-order valence-corrected chi connectivity index (χ2v) is 4.89. The van der Waals surface area contributed by atoms with Gasteiger partial charge in [-0.05, 0) is 32.4 Å². The number of ether oxygens (including phenoxy) is 1. The molecule has 1 aromatic heterocycles. The van der Waals surface area contributed by atoms with Crippen molar-refractivity contribution in [2.24, 2.45) is 0 Å². The Hall–Kier alpha value is -2.63. The smallest absolute Gasteiger partial charge is 0.306 e. The number of nitrogens with zero attached hydrogens (tertiary/aromatic N) is 2. The quantitative estimate of drug-likeness (QED) is 0.729. The van der Waals surface area contributed by atoms with Crippen LogP contribution in [-0.4, -0.2) is 29.1 Å². The number of para-hydroxylation sites is 1. The highest BCUT2D eigenvalue weighted by Gasteiger charge is 2.10. The van der Waals surface area contributed by atoms with Crippen LogP contribution in [-0.2, 0) is 16.0 Å². The summed E-state index contributed by atoms with van der Waals surface area (Å²) in [6.07, 6.45) is 2.61. The zero-order valence-electron chi connectivity index (χ0n) is 13.5. The average Bonchev–Trinajstić information content (AvgIpc) is 2.56. The van der Waals surface area contributed by atoms with E-state index >= 15 is 0 Å². The lowest BCUT2D eigenvalue weighted by atomic mass is 10.1. The van der Waals surface area contributed by atoms with Gasteiger partial charge in [0.25, 0.3) is 0 Å². The zero-order chi connectivity index (χ0) is 16.5. The summed E-state index contributed by atoms with van der Waals surface area (Å²) in [5.41, 5.74) is 1.83. The van der Waals surface area contributed by atoms with Crippen molar-refractivity contribution in [1.82, 2.24) is 9.97 Å². The molecule has 0 aliphatic heterocycles. The molecule has 0 atom stereocenters. The molecule has 0 amide bonds. The molecular weight excluding hydrogens is 292 g/mol. The Balaban J connectivity index is 2.09. The Bertz CT molecular complexity index is 632. The number of hydrogen-bond acceptors (Lipinski definition) is 6. The Labute approximate surface area is 136 Å². The van der Waals surface area contributed by atoms with Crippen LogP contribution in [0.15, 0.2) is 36.5 Å². The molecule has 0 unspecified atom stereocenters. The molecule has 2 rings (SSSR count). The van der Waals surface area contributed by atoms with Gasteiger partial charge in [0.1, 0.15) is 5.82 Å². The van der Waals surface area contributed by atoms with Gasteiger partial charge in [0, 0.05) is 30.4 Å². The summed E-state index contributed by atoms with van der Waals surface area (Å²) in [5.74, 6) is 1.05. The third-order valence-corrected chi connectivity index (χ3v) is 3.14. The molecule has 0 saturated carbocycles. The Kier molecular flexibility index (Phi) is 6.35. The maximum atomic E-state index is 11.5. The number of carbonyl (C=O) groups is 1. The second-order valence-electron chi connectivity index (χ2n) is 4.89. The number of nitrogens with one attached hydrogen (secondary N) is 2. The molecule has 1 aromatic carbocycles. The van der Waals surface area contributed by atoms with Crippen molar-refractivity contribution >= 4 is 23.4 Å². The van der Waals surface area contributed by atoms with Crippen molar-refractivity contribution in [3.8, 4) is 0 Å². The first-order chi connectivity index (χ1) is 11.2. The molecule has 1 heterocycles. The van der Waals surface area contributed by atoms with Crippen molar-refractivity contribution in [2.45, 2.75) is 26.7 Å². The van der Waals surface area contributed by atoms with Crippen molar-refractivity contribution in [3.63, 3.8) is 0 Å². The van der Waals surface area contributed by atoms with E-state index in [4.69, 9.17) is 4.74 Å². The monoisotopic (exact) mass is 314 g/mol. The fourth-order valence-corrected chi connectivity index (χ4v) is 2.09. The van der Waals surface area contributed by atoms with Crippen LogP contribution in [0.25, 0.3) is 0 Å². The highest BCUT2D eigenvalue weighted by Crippen LogP contribution is 2.18. The molecule has 0 spiro atoms. The summed E-state index contributed by atoms with van der Waals surface area (Å²) < 4.78 is 4.95. The molecule has 0 saturated heterocycles. The molecular formula is C17H22N4O2. The summed E-state index contributed by atoms with van der Waals surface area (Å²) in [7, 11) is 0. The average molecular weight is 314 g/mol. The molecule has 0 radical (unpaired) electrons. The van der Waals surface area contributed by atoms with Gasteiger partial charge in [-0.25, -0.2) is 4.98 Å². The van der Waals surface area contributed by atoms with Crippen LogP contribution >= 0.6 is 0 Å². The van der Waals surface area contributed by atoms with Gasteiger partial charge < -0.3 is 15.4 Å². The van der Waals surface area contributed by atoms with Crippen molar-refractivity contribution < 1.29 is 9.53 Å². The molecule has 0 bridgehead atoms. The summed E-state index contributed by atoms with van der Waals surface area (Å²) in [4.78, 5) is 20.3. The number of aromatic nitrogens is 2. The molecule has 6 heteroatoms. The summed E-state index contributed by atoms with van der Waals surface area (Å²) in [5, 5.41) is 6.38. The fraction of sp³-hybridized carbons (Fsp3) is 0.353. The number of carbonyl (C=O) groups excluding carboxylic acids is 1. The van der Waals surface area contributed by atoms with Gasteiger partial charge in [-0.15, -0.1) is 0 Å². The first kappa shape index (κ1) is 16.7. The van der Waals surface area contributed by atoms with E-state index < -0.39 is 0 Å². The Morgan fingerprint density at radius 1 is 1.22 bits per heavy atom. The maximum absolute atomic E-state index is 11.5. The van der Waals surface area contributed by atoms with Gasteiger partial charge in [0.05, 0.1) is 6.61 Å². The van der Waals surface area contributed by atoms with Crippen LogP contribution in [0.1, 0.15) is 25.8 Å². The number of rotatable bonds is 8. The molecule has 122 valence electrons. The van der Waals surface area contributed by atoms with E-state index in [1.165, 1.54) is 0 Å². The van der Waals surface area contributed by atoms with E-state index in [0.717, 1.165) is 23.6 Å². The topological polar surface area (TPSA) is 76.1 Å². The lowest BCUT2D eigenvalue weighted by Crippen LogP contribution is -2.10. The predicted octanol–water partition coefficient (Wildman–Crippen LogP) is 3.15. The fourth-order valence-electron chi connectivity index (χ4n) is 2.09. The lowest BCUT2D eigenvalue weighted by molar-refractivity contribution is -0.143. The summed E-state index contributed by atoms with van der Waals surface area (Å²) in [6.45, 7) is 4.94. The van der Waals surface area contributed by atoms with Crippen LogP contribution in [0.2, 0.25) is 0 Å². The molecule has 23 heavy (non-hydrogen) atoms. The zero-order valence-corrected chi connectivity index (χ0v) is 13.5. The third kappa shape index (κ3) is 5.25. The minimum Gasteiger partial charge on any atom is -0.466 e.